The van der Waals surface area contributed by atoms with E-state index >= 15 is 0 Å². The maximum atomic E-state index is 13.4. The third kappa shape index (κ3) is 5.03. The number of benzene rings is 1. The third-order valence-electron chi connectivity index (χ3n) is 2.86. The molecule has 0 saturated heterocycles. The first-order valence-electron chi connectivity index (χ1n) is 6.24. The molecular weight excluding hydrogens is 242 g/mol. The Balaban J connectivity index is 2.41. The molecule has 96 valence electrons. The Kier molecular flexibility index (Phi) is 6.49. The number of alkyl halides is 1. The Morgan fingerprint density at radius 1 is 1.12 bits per heavy atom. The zero-order valence-corrected chi connectivity index (χ0v) is 10.9. The van der Waals surface area contributed by atoms with Gasteiger partial charge in [0.15, 0.2) is 0 Å². The largest absolute Gasteiger partial charge is 0.207 e. The van der Waals surface area contributed by atoms with Crippen molar-refractivity contribution < 1.29 is 8.78 Å². The molecule has 0 heterocycles. The third-order valence-corrected chi connectivity index (χ3v) is 3.31. The standard InChI is InChI=1S/C14H19ClF2/c1-2-3-4-5-6-7-13(15)12-10-11(16)8-9-14(12)17/h8-10,13H,2-7H2,1H3. The first-order chi connectivity index (χ1) is 8.15. The van der Waals surface area contributed by atoms with Crippen LogP contribution < -0.4 is 0 Å². The van der Waals surface area contributed by atoms with Crippen LogP contribution in [0.5, 0.6) is 0 Å². The molecular formula is C14H19ClF2. The van der Waals surface area contributed by atoms with Crippen molar-refractivity contribution in [2.75, 3.05) is 0 Å². The molecule has 0 aliphatic heterocycles. The summed E-state index contributed by atoms with van der Waals surface area (Å²) in [5, 5.41) is -0.424. The monoisotopic (exact) mass is 260 g/mol. The van der Waals surface area contributed by atoms with Crippen LogP contribution in [0.25, 0.3) is 0 Å². The van der Waals surface area contributed by atoms with Gasteiger partial charge < -0.3 is 0 Å². The molecule has 1 aromatic carbocycles. The lowest BCUT2D eigenvalue weighted by Crippen LogP contribution is -1.96. The van der Waals surface area contributed by atoms with Crippen molar-refractivity contribution in [3.05, 3.63) is 35.4 Å². The fraction of sp³-hybridized carbons (Fsp3) is 0.571. The molecule has 0 fully saturated rings. The summed E-state index contributed by atoms with van der Waals surface area (Å²) in [6.07, 6.45) is 6.37. The van der Waals surface area contributed by atoms with Crippen LogP contribution in [-0.4, -0.2) is 0 Å². The lowest BCUT2D eigenvalue weighted by molar-refractivity contribution is 0.561. The van der Waals surface area contributed by atoms with Gasteiger partial charge in [-0.2, -0.15) is 0 Å². The Labute approximate surface area is 107 Å². The zero-order valence-electron chi connectivity index (χ0n) is 10.2. The van der Waals surface area contributed by atoms with Crippen LogP contribution in [0.3, 0.4) is 0 Å². The van der Waals surface area contributed by atoms with Crippen LogP contribution in [-0.2, 0) is 0 Å². The summed E-state index contributed by atoms with van der Waals surface area (Å²) in [6, 6.07) is 3.44. The van der Waals surface area contributed by atoms with Crippen LogP contribution in [0.2, 0.25) is 0 Å². The van der Waals surface area contributed by atoms with Gasteiger partial charge in [-0.05, 0) is 24.6 Å². The van der Waals surface area contributed by atoms with Gasteiger partial charge in [0.1, 0.15) is 11.6 Å². The Morgan fingerprint density at radius 3 is 2.53 bits per heavy atom. The molecule has 0 N–H and O–H groups in total. The molecule has 0 bridgehead atoms. The van der Waals surface area contributed by atoms with E-state index < -0.39 is 17.0 Å². The lowest BCUT2D eigenvalue weighted by atomic mass is 10.0. The minimum Gasteiger partial charge on any atom is -0.207 e. The summed E-state index contributed by atoms with van der Waals surface area (Å²) >= 11 is 6.09. The first kappa shape index (κ1) is 14.4. The second-order valence-corrected chi connectivity index (χ2v) is 4.86. The van der Waals surface area contributed by atoms with E-state index in [1.165, 1.54) is 25.3 Å². The van der Waals surface area contributed by atoms with Gasteiger partial charge in [0.2, 0.25) is 0 Å². The van der Waals surface area contributed by atoms with Crippen LogP contribution in [0.15, 0.2) is 18.2 Å². The van der Waals surface area contributed by atoms with Crippen LogP contribution in [0.4, 0.5) is 8.78 Å². The van der Waals surface area contributed by atoms with E-state index in [4.69, 9.17) is 11.6 Å². The molecule has 0 spiro atoms. The van der Waals surface area contributed by atoms with E-state index in [2.05, 4.69) is 6.92 Å². The molecule has 1 atom stereocenters. The minimum absolute atomic E-state index is 0.280. The number of hydrogen-bond acceptors (Lipinski definition) is 0. The highest BCUT2D eigenvalue weighted by Crippen LogP contribution is 2.29. The van der Waals surface area contributed by atoms with Crippen molar-refractivity contribution in [2.45, 2.75) is 50.8 Å². The number of halogens is 3. The molecule has 17 heavy (non-hydrogen) atoms. The first-order valence-corrected chi connectivity index (χ1v) is 6.67. The van der Waals surface area contributed by atoms with Gasteiger partial charge in [0, 0.05) is 5.56 Å². The average molecular weight is 261 g/mol. The van der Waals surface area contributed by atoms with Crippen LogP contribution in [0, 0.1) is 11.6 Å². The summed E-state index contributed by atoms with van der Waals surface area (Å²) in [5.74, 6) is -0.849. The molecule has 0 aliphatic carbocycles. The molecule has 1 aromatic rings. The van der Waals surface area contributed by atoms with Crippen molar-refractivity contribution in [3.8, 4) is 0 Å². The normalized spacial score (nSPS) is 12.7. The number of rotatable bonds is 7. The Hall–Kier alpha value is -0.630. The molecule has 0 amide bonds. The van der Waals surface area contributed by atoms with E-state index in [0.29, 0.717) is 6.42 Å². The summed E-state index contributed by atoms with van der Waals surface area (Å²) in [6.45, 7) is 2.16. The lowest BCUT2D eigenvalue weighted by Gasteiger charge is -2.10. The predicted molar refractivity (Wildman–Crippen MR) is 68.3 cm³/mol. The van der Waals surface area contributed by atoms with E-state index in [0.717, 1.165) is 25.0 Å². The zero-order chi connectivity index (χ0) is 12.7. The molecule has 1 unspecified atom stereocenters. The fourth-order valence-electron chi connectivity index (χ4n) is 1.84. The summed E-state index contributed by atoms with van der Waals surface area (Å²) < 4.78 is 26.4. The van der Waals surface area contributed by atoms with Gasteiger partial charge in [0.25, 0.3) is 0 Å². The van der Waals surface area contributed by atoms with E-state index in [1.54, 1.807) is 0 Å². The van der Waals surface area contributed by atoms with Gasteiger partial charge in [0.05, 0.1) is 5.38 Å². The minimum atomic E-state index is -0.432. The second-order valence-electron chi connectivity index (χ2n) is 4.34. The molecule has 0 aliphatic rings. The summed E-state index contributed by atoms with van der Waals surface area (Å²) in [5.41, 5.74) is 0.280. The Bertz CT molecular complexity index is 339. The maximum Gasteiger partial charge on any atom is 0.128 e. The van der Waals surface area contributed by atoms with Crippen molar-refractivity contribution in [2.24, 2.45) is 0 Å². The van der Waals surface area contributed by atoms with E-state index in [1.807, 2.05) is 0 Å². The second kappa shape index (κ2) is 7.65. The quantitative estimate of drug-likeness (QED) is 0.442. The highest BCUT2D eigenvalue weighted by Gasteiger charge is 2.13. The van der Waals surface area contributed by atoms with Crippen LogP contribution >= 0.6 is 11.6 Å². The van der Waals surface area contributed by atoms with E-state index in [-0.39, 0.29) is 5.56 Å². The molecule has 0 radical (unpaired) electrons. The van der Waals surface area contributed by atoms with Gasteiger partial charge in [-0.25, -0.2) is 8.78 Å². The summed E-state index contributed by atoms with van der Waals surface area (Å²) in [7, 11) is 0. The number of unbranched alkanes of at least 4 members (excludes halogenated alkanes) is 4. The van der Waals surface area contributed by atoms with Gasteiger partial charge >= 0.3 is 0 Å². The number of hydrogen-bond donors (Lipinski definition) is 0. The van der Waals surface area contributed by atoms with Gasteiger partial charge in [-0.15, -0.1) is 11.6 Å². The van der Waals surface area contributed by atoms with Crippen molar-refractivity contribution in [3.63, 3.8) is 0 Å². The molecule has 0 aromatic heterocycles. The smallest absolute Gasteiger partial charge is 0.128 e. The highest BCUT2D eigenvalue weighted by atomic mass is 35.5. The molecule has 1 rings (SSSR count). The van der Waals surface area contributed by atoms with Gasteiger partial charge in [-0.3, -0.25) is 0 Å². The summed E-state index contributed by atoms with van der Waals surface area (Å²) in [4.78, 5) is 0. The molecule has 3 heteroatoms. The van der Waals surface area contributed by atoms with Crippen molar-refractivity contribution in [1.82, 2.24) is 0 Å². The Morgan fingerprint density at radius 2 is 1.82 bits per heavy atom. The molecule has 0 nitrogen and oxygen atoms in total. The SMILES string of the molecule is CCCCCCCC(Cl)c1cc(F)ccc1F. The maximum absolute atomic E-state index is 13.4. The van der Waals surface area contributed by atoms with Crippen molar-refractivity contribution >= 4 is 11.6 Å². The van der Waals surface area contributed by atoms with E-state index in [9.17, 15) is 8.78 Å². The topological polar surface area (TPSA) is 0 Å². The predicted octanol–water partition coefficient (Wildman–Crippen LogP) is 5.61. The molecule has 0 saturated carbocycles. The van der Waals surface area contributed by atoms with Crippen molar-refractivity contribution in [1.29, 1.82) is 0 Å². The fourth-order valence-corrected chi connectivity index (χ4v) is 2.16. The average Bonchev–Trinajstić information content (AvgIpc) is 2.32. The van der Waals surface area contributed by atoms with Crippen LogP contribution in [0.1, 0.15) is 56.4 Å². The highest BCUT2D eigenvalue weighted by molar-refractivity contribution is 6.20. The van der Waals surface area contributed by atoms with Gasteiger partial charge in [-0.1, -0.05) is 39.0 Å².